The third-order valence-electron chi connectivity index (χ3n) is 6.16. The van der Waals surface area contributed by atoms with E-state index in [-0.39, 0.29) is 18.7 Å². The molecule has 0 radical (unpaired) electrons. The van der Waals surface area contributed by atoms with E-state index in [4.69, 9.17) is 9.47 Å². The molecule has 0 saturated carbocycles. The molecular weight excluding hydrogens is 566 g/mol. The average molecular weight is 614 g/mol. The van der Waals surface area contributed by atoms with Crippen LogP contribution in [0.3, 0.4) is 0 Å². The van der Waals surface area contributed by atoms with Crippen molar-refractivity contribution in [2.24, 2.45) is 0 Å². The first kappa shape index (κ1) is 35.7. The standard InChI is InChI=1S/C33H47N3O6S/c1-9-19-36(29(38)26(21-43)35-31(40)42-33(6,7)8)27(24-17-15-22(2)16-18-24)28(37)34-25(30(39)41-32(3,4)5)20-23-13-11-10-12-14-23/h10-18,25-27,43H,9,19-21H2,1-8H3,(H,34,37)(H,35,40). The van der Waals surface area contributed by atoms with Crippen LogP contribution in [0.5, 0.6) is 0 Å². The third-order valence-corrected chi connectivity index (χ3v) is 6.53. The molecule has 9 nitrogen and oxygen atoms in total. The highest BCUT2D eigenvalue weighted by Gasteiger charge is 2.37. The largest absolute Gasteiger partial charge is 0.458 e. The molecule has 10 heteroatoms. The molecule has 43 heavy (non-hydrogen) atoms. The second-order valence-corrected chi connectivity index (χ2v) is 12.9. The summed E-state index contributed by atoms with van der Waals surface area (Å²) in [5, 5.41) is 5.48. The Kier molecular flexibility index (Phi) is 13.1. The van der Waals surface area contributed by atoms with E-state index < -0.39 is 53.2 Å². The quantitative estimate of drug-likeness (QED) is 0.225. The van der Waals surface area contributed by atoms with Crippen molar-refractivity contribution in [3.63, 3.8) is 0 Å². The number of alkyl carbamates (subject to hydrolysis) is 1. The Morgan fingerprint density at radius 1 is 0.837 bits per heavy atom. The molecule has 0 aliphatic heterocycles. The van der Waals surface area contributed by atoms with E-state index in [1.807, 2.05) is 56.3 Å². The summed E-state index contributed by atoms with van der Waals surface area (Å²) in [6.07, 6.45) is -0.0313. The monoisotopic (exact) mass is 613 g/mol. The van der Waals surface area contributed by atoms with Gasteiger partial charge in [0, 0.05) is 18.7 Å². The van der Waals surface area contributed by atoms with Crippen molar-refractivity contribution in [1.29, 1.82) is 0 Å². The number of carbonyl (C=O) groups is 4. The van der Waals surface area contributed by atoms with Gasteiger partial charge in [-0.25, -0.2) is 9.59 Å². The molecule has 0 bridgehead atoms. The number of esters is 1. The van der Waals surface area contributed by atoms with Gasteiger partial charge in [0.1, 0.15) is 29.3 Å². The molecule has 0 aromatic heterocycles. The summed E-state index contributed by atoms with van der Waals surface area (Å²) in [5.74, 6) is -1.65. The second-order valence-electron chi connectivity index (χ2n) is 12.5. The lowest BCUT2D eigenvalue weighted by Gasteiger charge is -2.35. The Labute approximate surface area is 261 Å². The number of hydrogen-bond donors (Lipinski definition) is 3. The average Bonchev–Trinajstić information content (AvgIpc) is 2.90. The van der Waals surface area contributed by atoms with Gasteiger partial charge in [-0.3, -0.25) is 9.59 Å². The zero-order valence-electron chi connectivity index (χ0n) is 26.6. The second kappa shape index (κ2) is 15.8. The SMILES string of the molecule is CCCN(C(=O)C(CS)NC(=O)OC(C)(C)C)C(C(=O)NC(Cc1ccccc1)C(=O)OC(C)(C)C)c1ccc(C)cc1. The van der Waals surface area contributed by atoms with E-state index in [0.29, 0.717) is 12.0 Å². The Hall–Kier alpha value is -3.53. The summed E-state index contributed by atoms with van der Waals surface area (Å²) in [7, 11) is 0. The summed E-state index contributed by atoms with van der Waals surface area (Å²) in [5.41, 5.74) is 0.833. The topological polar surface area (TPSA) is 114 Å². The number of nitrogens with zero attached hydrogens (tertiary/aromatic N) is 1. The summed E-state index contributed by atoms with van der Waals surface area (Å²) in [6.45, 7) is 14.5. The van der Waals surface area contributed by atoms with Crippen LogP contribution < -0.4 is 10.6 Å². The van der Waals surface area contributed by atoms with Gasteiger partial charge in [0.25, 0.3) is 0 Å². The number of nitrogens with one attached hydrogen (secondary N) is 2. The van der Waals surface area contributed by atoms with E-state index in [1.54, 1.807) is 53.7 Å². The molecule has 0 saturated heterocycles. The molecule has 3 atom stereocenters. The van der Waals surface area contributed by atoms with Gasteiger partial charge in [-0.1, -0.05) is 67.1 Å². The number of amides is 3. The molecule has 0 spiro atoms. The van der Waals surface area contributed by atoms with Crippen LogP contribution in [0.25, 0.3) is 0 Å². The fourth-order valence-corrected chi connectivity index (χ4v) is 4.58. The highest BCUT2D eigenvalue weighted by molar-refractivity contribution is 7.80. The van der Waals surface area contributed by atoms with E-state index in [9.17, 15) is 19.2 Å². The van der Waals surface area contributed by atoms with E-state index in [2.05, 4.69) is 23.3 Å². The summed E-state index contributed by atoms with van der Waals surface area (Å²) >= 11 is 4.32. The van der Waals surface area contributed by atoms with Crippen LogP contribution in [0.2, 0.25) is 0 Å². The van der Waals surface area contributed by atoms with Gasteiger partial charge in [-0.2, -0.15) is 12.6 Å². The number of aryl methyl sites for hydroxylation is 1. The van der Waals surface area contributed by atoms with Gasteiger partial charge in [0.15, 0.2) is 0 Å². The maximum atomic E-state index is 14.2. The lowest BCUT2D eigenvalue weighted by Crippen LogP contribution is -2.55. The Morgan fingerprint density at radius 3 is 1.93 bits per heavy atom. The fraction of sp³-hybridized carbons (Fsp3) is 0.515. The molecule has 0 aliphatic carbocycles. The molecule has 2 aromatic carbocycles. The fourth-order valence-electron chi connectivity index (χ4n) is 4.33. The molecule has 2 rings (SSSR count). The molecule has 0 aliphatic rings. The van der Waals surface area contributed by atoms with Crippen LogP contribution in [0.1, 0.15) is 77.6 Å². The summed E-state index contributed by atoms with van der Waals surface area (Å²) < 4.78 is 11.0. The first-order valence-corrected chi connectivity index (χ1v) is 15.2. The predicted octanol–water partition coefficient (Wildman–Crippen LogP) is 5.17. The summed E-state index contributed by atoms with van der Waals surface area (Å²) in [6, 6.07) is 13.4. The lowest BCUT2D eigenvalue weighted by atomic mass is 10.00. The number of rotatable bonds is 12. The van der Waals surface area contributed by atoms with Crippen LogP contribution >= 0.6 is 12.6 Å². The molecule has 3 unspecified atom stereocenters. The minimum atomic E-state index is -1.10. The van der Waals surface area contributed by atoms with Crippen LogP contribution in [-0.2, 0) is 30.3 Å². The van der Waals surface area contributed by atoms with Crippen LogP contribution in [0, 0.1) is 6.92 Å². The van der Waals surface area contributed by atoms with E-state index in [1.165, 1.54) is 4.90 Å². The van der Waals surface area contributed by atoms with Crippen molar-refractivity contribution in [1.82, 2.24) is 15.5 Å². The molecule has 2 aromatic rings. The molecule has 0 heterocycles. The third kappa shape index (κ3) is 11.9. The first-order chi connectivity index (χ1) is 20.0. The van der Waals surface area contributed by atoms with E-state index in [0.717, 1.165) is 11.1 Å². The van der Waals surface area contributed by atoms with Gasteiger partial charge >= 0.3 is 12.1 Å². The normalized spacial score (nSPS) is 13.7. The van der Waals surface area contributed by atoms with Crippen molar-refractivity contribution < 1.29 is 28.7 Å². The Bertz CT molecular complexity index is 1220. The van der Waals surface area contributed by atoms with Crippen LogP contribution in [0.4, 0.5) is 4.79 Å². The number of carbonyl (C=O) groups excluding carboxylic acids is 4. The van der Waals surface area contributed by atoms with E-state index >= 15 is 0 Å². The van der Waals surface area contributed by atoms with Gasteiger partial charge in [0.05, 0.1) is 0 Å². The summed E-state index contributed by atoms with van der Waals surface area (Å²) in [4.78, 5) is 55.5. The Morgan fingerprint density at radius 2 is 1.42 bits per heavy atom. The highest BCUT2D eigenvalue weighted by atomic mass is 32.1. The van der Waals surface area contributed by atoms with Gasteiger partial charge in [-0.05, 0) is 66.0 Å². The van der Waals surface area contributed by atoms with Crippen LogP contribution in [0.15, 0.2) is 54.6 Å². The van der Waals surface area contributed by atoms with Crippen molar-refractivity contribution in [3.05, 3.63) is 71.3 Å². The zero-order valence-corrected chi connectivity index (χ0v) is 27.5. The van der Waals surface area contributed by atoms with Crippen molar-refractivity contribution in [2.75, 3.05) is 12.3 Å². The van der Waals surface area contributed by atoms with Gasteiger partial charge in [0.2, 0.25) is 11.8 Å². The van der Waals surface area contributed by atoms with Gasteiger partial charge < -0.3 is 25.0 Å². The van der Waals surface area contributed by atoms with Gasteiger partial charge in [-0.15, -0.1) is 0 Å². The van der Waals surface area contributed by atoms with Crippen LogP contribution in [-0.4, -0.2) is 64.4 Å². The molecular formula is C33H47N3O6S. The molecule has 236 valence electrons. The molecule has 2 N–H and O–H groups in total. The minimum Gasteiger partial charge on any atom is -0.458 e. The predicted molar refractivity (Wildman–Crippen MR) is 171 cm³/mol. The number of ether oxygens (including phenoxy) is 2. The molecule has 3 amide bonds. The highest BCUT2D eigenvalue weighted by Crippen LogP contribution is 2.25. The first-order valence-electron chi connectivity index (χ1n) is 14.6. The zero-order chi connectivity index (χ0) is 32.4. The molecule has 0 fully saturated rings. The van der Waals surface area contributed by atoms with Crippen molar-refractivity contribution >= 4 is 36.5 Å². The number of thiol groups is 1. The number of benzene rings is 2. The maximum absolute atomic E-state index is 14.2. The van der Waals surface area contributed by atoms with Crippen molar-refractivity contribution in [3.8, 4) is 0 Å². The maximum Gasteiger partial charge on any atom is 0.408 e. The number of hydrogen-bond acceptors (Lipinski definition) is 7. The minimum absolute atomic E-state index is 0.0188. The van der Waals surface area contributed by atoms with Crippen molar-refractivity contribution in [2.45, 2.75) is 97.6 Å². The Balaban J connectivity index is 2.51. The lowest BCUT2D eigenvalue weighted by molar-refractivity contribution is -0.159. The smallest absolute Gasteiger partial charge is 0.408 e.